The maximum absolute atomic E-state index is 12.8. The Labute approximate surface area is 142 Å². The van der Waals surface area contributed by atoms with Crippen LogP contribution >= 0.6 is 11.8 Å². The average Bonchev–Trinajstić information content (AvgIpc) is 2.55. The van der Waals surface area contributed by atoms with Gasteiger partial charge in [0.1, 0.15) is 5.03 Å². The van der Waals surface area contributed by atoms with E-state index in [1.54, 1.807) is 23.0 Å². The first-order chi connectivity index (χ1) is 11.1. The molecule has 1 atom stereocenters. The van der Waals surface area contributed by atoms with Gasteiger partial charge in [0.2, 0.25) is 11.8 Å². The fraction of sp³-hybridized carbons (Fsp3) is 0.588. The van der Waals surface area contributed by atoms with Crippen molar-refractivity contribution in [2.24, 2.45) is 0 Å². The third kappa shape index (κ3) is 4.25. The largest absolute Gasteiger partial charge is 0.346 e. The molecule has 0 aromatic carbocycles. The lowest BCUT2D eigenvalue weighted by Crippen LogP contribution is -2.44. The zero-order chi connectivity index (χ0) is 16.8. The molecule has 5 nitrogen and oxygen atoms in total. The summed E-state index contributed by atoms with van der Waals surface area (Å²) in [4.78, 5) is 33.0. The Morgan fingerprint density at radius 1 is 1.39 bits per heavy atom. The summed E-state index contributed by atoms with van der Waals surface area (Å²) >= 11 is 1.42. The van der Waals surface area contributed by atoms with Crippen molar-refractivity contribution in [1.82, 2.24) is 9.88 Å². The topological polar surface area (TPSA) is 53.5 Å². The fourth-order valence-electron chi connectivity index (χ4n) is 2.61. The number of anilines is 1. The summed E-state index contributed by atoms with van der Waals surface area (Å²) in [5.74, 6) is 0.0507. The number of unbranched alkanes of at least 4 members (excludes halogenated alkanes) is 1. The maximum Gasteiger partial charge on any atom is 0.241 e. The lowest BCUT2D eigenvalue weighted by Gasteiger charge is -2.33. The van der Waals surface area contributed by atoms with Crippen LogP contribution in [0.1, 0.15) is 39.5 Å². The standard InChI is InChI=1S/C17H25N3O2S/c1-4-6-11-20-13-8-7-9-18-16(13)23-14(17(20)22)12-15(21)19(3)10-5-2/h7-9,14H,4-6,10-12H2,1-3H3/t14-/m0/s1. The Bertz CT molecular complexity index is 565. The first-order valence-corrected chi connectivity index (χ1v) is 9.13. The van der Waals surface area contributed by atoms with E-state index >= 15 is 0 Å². The minimum atomic E-state index is -0.374. The van der Waals surface area contributed by atoms with Gasteiger partial charge in [-0.3, -0.25) is 9.59 Å². The first kappa shape index (κ1) is 17.8. The van der Waals surface area contributed by atoms with Gasteiger partial charge in [-0.25, -0.2) is 4.98 Å². The number of rotatable bonds is 7. The van der Waals surface area contributed by atoms with Crippen LogP contribution in [0.15, 0.2) is 23.4 Å². The Kier molecular flexibility index (Phi) is 6.45. The molecule has 0 N–H and O–H groups in total. The number of hydrogen-bond donors (Lipinski definition) is 0. The quantitative estimate of drug-likeness (QED) is 0.769. The molecule has 1 aliphatic heterocycles. The van der Waals surface area contributed by atoms with Crippen LogP contribution in [0.3, 0.4) is 0 Å². The van der Waals surface area contributed by atoms with E-state index in [1.807, 2.05) is 19.1 Å². The Balaban J connectivity index is 2.16. The lowest BCUT2D eigenvalue weighted by molar-refractivity contribution is -0.131. The van der Waals surface area contributed by atoms with Gasteiger partial charge in [-0.05, 0) is 25.0 Å². The number of carbonyl (C=O) groups excluding carboxylic acids is 2. The van der Waals surface area contributed by atoms with Crippen LogP contribution in [0.25, 0.3) is 0 Å². The molecule has 0 saturated heterocycles. The van der Waals surface area contributed by atoms with Gasteiger partial charge in [-0.1, -0.05) is 32.0 Å². The van der Waals surface area contributed by atoms with Crippen molar-refractivity contribution in [3.8, 4) is 0 Å². The van der Waals surface area contributed by atoms with Crippen LogP contribution in [-0.4, -0.2) is 47.1 Å². The smallest absolute Gasteiger partial charge is 0.241 e. The number of hydrogen-bond acceptors (Lipinski definition) is 4. The van der Waals surface area contributed by atoms with E-state index in [0.29, 0.717) is 6.54 Å². The molecule has 0 unspecified atom stereocenters. The highest BCUT2D eigenvalue weighted by Gasteiger charge is 2.35. The molecule has 0 fully saturated rings. The second kappa shape index (κ2) is 8.34. The molecule has 6 heteroatoms. The number of amides is 2. The molecule has 0 bridgehead atoms. The monoisotopic (exact) mass is 335 g/mol. The van der Waals surface area contributed by atoms with E-state index < -0.39 is 0 Å². The predicted molar refractivity (Wildman–Crippen MR) is 93.7 cm³/mol. The molecule has 1 aliphatic rings. The lowest BCUT2D eigenvalue weighted by atomic mass is 10.2. The average molecular weight is 335 g/mol. The molecule has 1 aromatic rings. The number of carbonyl (C=O) groups is 2. The molecule has 23 heavy (non-hydrogen) atoms. The van der Waals surface area contributed by atoms with Crippen molar-refractivity contribution in [3.05, 3.63) is 18.3 Å². The van der Waals surface area contributed by atoms with Crippen LogP contribution in [0, 0.1) is 0 Å². The molecule has 126 valence electrons. The summed E-state index contributed by atoms with van der Waals surface area (Å²) in [5, 5.41) is 0.472. The summed E-state index contributed by atoms with van der Waals surface area (Å²) in [5.41, 5.74) is 0.876. The normalized spacial score (nSPS) is 17.1. The second-order valence-corrected chi connectivity index (χ2v) is 6.99. The molecular formula is C17H25N3O2S. The van der Waals surface area contributed by atoms with E-state index in [1.165, 1.54) is 11.8 Å². The van der Waals surface area contributed by atoms with Crippen LogP contribution in [0.4, 0.5) is 5.69 Å². The number of aromatic nitrogens is 1. The summed E-state index contributed by atoms with van der Waals surface area (Å²) in [6.45, 7) is 5.55. The Morgan fingerprint density at radius 2 is 2.17 bits per heavy atom. The summed E-state index contributed by atoms with van der Waals surface area (Å²) in [6, 6.07) is 3.79. The first-order valence-electron chi connectivity index (χ1n) is 8.25. The van der Waals surface area contributed by atoms with Crippen molar-refractivity contribution < 1.29 is 9.59 Å². The molecular weight excluding hydrogens is 310 g/mol. The van der Waals surface area contributed by atoms with Crippen LogP contribution < -0.4 is 4.90 Å². The third-order valence-corrected chi connectivity index (χ3v) is 5.11. The van der Waals surface area contributed by atoms with Crippen molar-refractivity contribution in [2.75, 3.05) is 25.0 Å². The number of nitrogens with zero attached hydrogens (tertiary/aromatic N) is 3. The molecule has 0 radical (unpaired) electrons. The van der Waals surface area contributed by atoms with Crippen LogP contribution in [-0.2, 0) is 9.59 Å². The van der Waals surface area contributed by atoms with Crippen LogP contribution in [0.5, 0.6) is 0 Å². The number of thioether (sulfide) groups is 1. The van der Waals surface area contributed by atoms with Gasteiger partial charge in [0, 0.05) is 32.8 Å². The van der Waals surface area contributed by atoms with Gasteiger partial charge in [-0.15, -0.1) is 0 Å². The Morgan fingerprint density at radius 3 is 2.87 bits per heavy atom. The highest BCUT2D eigenvalue weighted by Crippen LogP contribution is 2.38. The zero-order valence-electron chi connectivity index (χ0n) is 14.1. The van der Waals surface area contributed by atoms with Gasteiger partial charge >= 0.3 is 0 Å². The third-order valence-electron chi connectivity index (χ3n) is 3.92. The summed E-state index contributed by atoms with van der Waals surface area (Å²) < 4.78 is 0. The van der Waals surface area contributed by atoms with Gasteiger partial charge in [0.05, 0.1) is 10.9 Å². The second-order valence-electron chi connectivity index (χ2n) is 5.80. The molecule has 2 rings (SSSR count). The SMILES string of the molecule is CCCCN1C(=O)[C@H](CC(=O)N(C)CCC)Sc2ncccc21. The van der Waals surface area contributed by atoms with Crippen molar-refractivity contribution in [1.29, 1.82) is 0 Å². The number of fused-ring (bicyclic) bond motifs is 1. The van der Waals surface area contributed by atoms with E-state index in [2.05, 4.69) is 11.9 Å². The van der Waals surface area contributed by atoms with E-state index in [0.717, 1.165) is 36.5 Å². The zero-order valence-corrected chi connectivity index (χ0v) is 14.9. The minimum Gasteiger partial charge on any atom is -0.346 e. The Hall–Kier alpha value is -1.56. The van der Waals surface area contributed by atoms with Gasteiger partial charge in [-0.2, -0.15) is 0 Å². The van der Waals surface area contributed by atoms with Gasteiger partial charge in [0.25, 0.3) is 0 Å². The van der Waals surface area contributed by atoms with Crippen molar-refractivity contribution in [3.63, 3.8) is 0 Å². The van der Waals surface area contributed by atoms with Crippen molar-refractivity contribution in [2.45, 2.75) is 49.8 Å². The van der Waals surface area contributed by atoms with Crippen LogP contribution in [0.2, 0.25) is 0 Å². The fourth-order valence-corrected chi connectivity index (χ4v) is 3.75. The maximum atomic E-state index is 12.8. The molecule has 0 saturated carbocycles. The van der Waals surface area contributed by atoms with Gasteiger partial charge in [0.15, 0.2) is 0 Å². The van der Waals surface area contributed by atoms with E-state index in [9.17, 15) is 9.59 Å². The summed E-state index contributed by atoms with van der Waals surface area (Å²) in [7, 11) is 1.80. The minimum absolute atomic E-state index is 0.0209. The molecule has 2 amide bonds. The van der Waals surface area contributed by atoms with E-state index in [4.69, 9.17) is 0 Å². The molecule has 2 heterocycles. The van der Waals surface area contributed by atoms with E-state index in [-0.39, 0.29) is 23.5 Å². The molecule has 0 aliphatic carbocycles. The highest BCUT2D eigenvalue weighted by molar-refractivity contribution is 8.00. The summed E-state index contributed by atoms with van der Waals surface area (Å²) in [6.07, 6.45) is 4.86. The molecule has 0 spiro atoms. The predicted octanol–water partition coefficient (Wildman–Crippen LogP) is 2.95. The van der Waals surface area contributed by atoms with Gasteiger partial charge < -0.3 is 9.80 Å². The highest BCUT2D eigenvalue weighted by atomic mass is 32.2. The van der Waals surface area contributed by atoms with Crippen molar-refractivity contribution >= 4 is 29.3 Å². The molecule has 1 aromatic heterocycles. The number of pyridine rings is 1.